The highest BCUT2D eigenvalue weighted by molar-refractivity contribution is 7.13. The van der Waals surface area contributed by atoms with Crippen molar-refractivity contribution in [1.29, 1.82) is 0 Å². The summed E-state index contributed by atoms with van der Waals surface area (Å²) in [7, 11) is 1.63. The lowest BCUT2D eigenvalue weighted by Crippen LogP contribution is -2.25. The van der Waals surface area contributed by atoms with Crippen molar-refractivity contribution in [2.75, 3.05) is 7.11 Å². The second-order valence-corrected chi connectivity index (χ2v) is 7.30. The molecule has 0 saturated heterocycles. The Morgan fingerprint density at radius 1 is 1.22 bits per heavy atom. The van der Waals surface area contributed by atoms with Crippen molar-refractivity contribution in [3.8, 4) is 16.3 Å². The van der Waals surface area contributed by atoms with Crippen LogP contribution in [0.5, 0.6) is 5.75 Å². The van der Waals surface area contributed by atoms with Crippen LogP contribution in [-0.4, -0.2) is 32.8 Å². The number of benzene rings is 1. The maximum Gasteiger partial charge on any atom is 0.271 e. The van der Waals surface area contributed by atoms with Gasteiger partial charge in [0.05, 0.1) is 13.7 Å². The topological polar surface area (TPSA) is 81.9 Å². The number of hydrogen-bond donors (Lipinski definition) is 1. The number of aryl methyl sites for hydroxylation is 1. The smallest absolute Gasteiger partial charge is 0.271 e. The van der Waals surface area contributed by atoms with Gasteiger partial charge in [-0.1, -0.05) is 6.42 Å². The summed E-state index contributed by atoms with van der Waals surface area (Å²) in [5, 5.41) is 14.0. The van der Waals surface area contributed by atoms with Crippen molar-refractivity contribution in [3.63, 3.8) is 0 Å². The number of aromatic nitrogens is 4. The highest BCUT2D eigenvalue weighted by Crippen LogP contribution is 2.25. The molecule has 2 aromatic heterocycles. The Balaban J connectivity index is 1.42. The maximum absolute atomic E-state index is 12.5. The largest absolute Gasteiger partial charge is 0.497 e. The van der Waals surface area contributed by atoms with Gasteiger partial charge in [-0.15, -0.1) is 21.5 Å². The fourth-order valence-corrected chi connectivity index (χ4v) is 3.98. The lowest BCUT2D eigenvalue weighted by Gasteiger charge is -2.07. The van der Waals surface area contributed by atoms with Gasteiger partial charge in [-0.25, -0.2) is 4.98 Å². The van der Waals surface area contributed by atoms with Gasteiger partial charge in [0.15, 0.2) is 5.82 Å². The minimum Gasteiger partial charge on any atom is -0.497 e. The molecule has 1 amide bonds. The summed E-state index contributed by atoms with van der Waals surface area (Å²) in [5.41, 5.74) is 1.38. The molecule has 0 spiro atoms. The van der Waals surface area contributed by atoms with E-state index in [1.54, 1.807) is 12.5 Å². The van der Waals surface area contributed by atoms with Crippen LogP contribution < -0.4 is 10.1 Å². The maximum atomic E-state index is 12.5. The number of carbonyl (C=O) groups is 1. The Labute approximate surface area is 161 Å². The van der Waals surface area contributed by atoms with E-state index in [-0.39, 0.29) is 5.91 Å². The minimum atomic E-state index is -0.197. The van der Waals surface area contributed by atoms with Crippen molar-refractivity contribution < 1.29 is 9.53 Å². The van der Waals surface area contributed by atoms with Crippen LogP contribution in [0.15, 0.2) is 29.6 Å². The second-order valence-electron chi connectivity index (χ2n) is 6.44. The third-order valence-corrected chi connectivity index (χ3v) is 5.56. The third-order valence-electron chi connectivity index (χ3n) is 4.67. The zero-order chi connectivity index (χ0) is 18.6. The first-order valence-electron chi connectivity index (χ1n) is 9.03. The molecule has 1 aliphatic rings. The van der Waals surface area contributed by atoms with E-state index in [0.717, 1.165) is 53.8 Å². The van der Waals surface area contributed by atoms with Gasteiger partial charge >= 0.3 is 0 Å². The summed E-state index contributed by atoms with van der Waals surface area (Å²) in [6.07, 6.45) is 4.45. The van der Waals surface area contributed by atoms with E-state index in [0.29, 0.717) is 12.2 Å². The van der Waals surface area contributed by atoms with E-state index in [1.165, 1.54) is 17.8 Å². The summed E-state index contributed by atoms with van der Waals surface area (Å²) in [4.78, 5) is 16.9. The molecule has 8 heteroatoms. The van der Waals surface area contributed by atoms with E-state index in [1.807, 2.05) is 24.3 Å². The molecule has 0 atom stereocenters. The zero-order valence-electron chi connectivity index (χ0n) is 15.1. The molecule has 7 nitrogen and oxygen atoms in total. The number of fused-ring (bicyclic) bond motifs is 1. The summed E-state index contributed by atoms with van der Waals surface area (Å²) >= 11 is 1.45. The molecular formula is C19H21N5O2S. The van der Waals surface area contributed by atoms with Crippen molar-refractivity contribution in [1.82, 2.24) is 25.1 Å². The van der Waals surface area contributed by atoms with Crippen LogP contribution in [0.3, 0.4) is 0 Å². The van der Waals surface area contributed by atoms with Gasteiger partial charge in [0, 0.05) is 23.9 Å². The lowest BCUT2D eigenvalue weighted by molar-refractivity contribution is 0.0945. The molecule has 0 aliphatic carbocycles. The van der Waals surface area contributed by atoms with Crippen LogP contribution in [0.2, 0.25) is 0 Å². The first-order valence-corrected chi connectivity index (χ1v) is 9.91. The molecule has 1 N–H and O–H groups in total. The van der Waals surface area contributed by atoms with E-state index in [4.69, 9.17) is 4.74 Å². The quantitative estimate of drug-likeness (QED) is 0.732. The van der Waals surface area contributed by atoms with Crippen LogP contribution >= 0.6 is 11.3 Å². The molecule has 0 unspecified atom stereocenters. The predicted molar refractivity (Wildman–Crippen MR) is 103 cm³/mol. The molecule has 3 aromatic rings. The monoisotopic (exact) mass is 383 g/mol. The summed E-state index contributed by atoms with van der Waals surface area (Å²) in [6.45, 7) is 1.28. The number of hydrogen-bond acceptors (Lipinski definition) is 6. The van der Waals surface area contributed by atoms with Gasteiger partial charge in [-0.2, -0.15) is 0 Å². The highest BCUT2D eigenvalue weighted by Gasteiger charge is 2.17. The van der Waals surface area contributed by atoms with Gasteiger partial charge in [0.2, 0.25) is 0 Å². The van der Waals surface area contributed by atoms with Crippen LogP contribution in [0.1, 0.15) is 41.4 Å². The van der Waals surface area contributed by atoms with Crippen molar-refractivity contribution in [2.24, 2.45) is 0 Å². The SMILES string of the molecule is COc1ccc(-c2nc(C(=O)NCc3nnc4n3CCCCC4)cs2)cc1. The van der Waals surface area contributed by atoms with Crippen molar-refractivity contribution >= 4 is 17.2 Å². The van der Waals surface area contributed by atoms with Gasteiger partial charge in [-0.05, 0) is 37.1 Å². The lowest BCUT2D eigenvalue weighted by atomic mass is 10.2. The van der Waals surface area contributed by atoms with E-state index >= 15 is 0 Å². The Morgan fingerprint density at radius 3 is 2.89 bits per heavy atom. The Hall–Kier alpha value is -2.74. The summed E-state index contributed by atoms with van der Waals surface area (Å²) in [5.74, 6) is 2.43. The van der Waals surface area contributed by atoms with Gasteiger partial charge in [0.25, 0.3) is 5.91 Å². The van der Waals surface area contributed by atoms with Crippen LogP contribution in [0, 0.1) is 0 Å². The van der Waals surface area contributed by atoms with Gasteiger partial charge in [-0.3, -0.25) is 4.79 Å². The fraction of sp³-hybridized carbons (Fsp3) is 0.368. The number of amides is 1. The van der Waals surface area contributed by atoms with Crippen LogP contribution in [-0.2, 0) is 19.5 Å². The van der Waals surface area contributed by atoms with Gasteiger partial charge in [0.1, 0.15) is 22.3 Å². The average Bonchev–Trinajstić information content (AvgIpc) is 3.28. The molecule has 4 rings (SSSR count). The number of nitrogens with one attached hydrogen (secondary N) is 1. The van der Waals surface area contributed by atoms with Crippen molar-refractivity contribution in [2.45, 2.75) is 38.8 Å². The first kappa shape index (κ1) is 17.7. The number of thiazole rings is 1. The molecular weight excluding hydrogens is 362 g/mol. The van der Waals surface area contributed by atoms with Gasteiger partial charge < -0.3 is 14.6 Å². The number of rotatable bonds is 5. The molecule has 0 fully saturated rings. The second kappa shape index (κ2) is 7.87. The third kappa shape index (κ3) is 3.85. The highest BCUT2D eigenvalue weighted by atomic mass is 32.1. The Kier molecular flexibility index (Phi) is 5.15. The molecule has 27 heavy (non-hydrogen) atoms. The summed E-state index contributed by atoms with van der Waals surface area (Å²) < 4.78 is 7.30. The minimum absolute atomic E-state index is 0.197. The van der Waals surface area contributed by atoms with Crippen LogP contribution in [0.4, 0.5) is 0 Å². The molecule has 1 aromatic carbocycles. The first-order chi connectivity index (χ1) is 13.2. The standard InChI is InChI=1S/C19H21N5O2S/c1-26-14-8-6-13(7-9-14)19-21-15(12-27-19)18(25)20-11-17-23-22-16-5-3-2-4-10-24(16)17/h6-9,12H,2-5,10-11H2,1H3,(H,20,25). The van der Waals surface area contributed by atoms with E-state index in [9.17, 15) is 4.79 Å². The van der Waals surface area contributed by atoms with Crippen molar-refractivity contribution in [3.05, 3.63) is 47.0 Å². The molecule has 0 saturated carbocycles. The molecule has 140 valence electrons. The number of nitrogens with zero attached hydrogens (tertiary/aromatic N) is 4. The average molecular weight is 383 g/mol. The number of ether oxygens (including phenoxy) is 1. The summed E-state index contributed by atoms with van der Waals surface area (Å²) in [6, 6.07) is 7.64. The number of methoxy groups -OCH3 is 1. The molecule has 1 aliphatic heterocycles. The number of carbonyl (C=O) groups excluding carboxylic acids is 1. The van der Waals surface area contributed by atoms with E-state index in [2.05, 4.69) is 25.1 Å². The Bertz CT molecular complexity index is 932. The molecule has 0 radical (unpaired) electrons. The molecule has 3 heterocycles. The Morgan fingerprint density at radius 2 is 2.07 bits per heavy atom. The normalized spacial score (nSPS) is 13.7. The molecule has 0 bridgehead atoms. The zero-order valence-corrected chi connectivity index (χ0v) is 16.0. The fourth-order valence-electron chi connectivity index (χ4n) is 3.17. The predicted octanol–water partition coefficient (Wildman–Crippen LogP) is 3.07. The van der Waals surface area contributed by atoms with Crippen LogP contribution in [0.25, 0.3) is 10.6 Å². The van der Waals surface area contributed by atoms with E-state index < -0.39 is 0 Å².